The van der Waals surface area contributed by atoms with Gasteiger partial charge < -0.3 is 24.1 Å². The van der Waals surface area contributed by atoms with Crippen molar-refractivity contribution in [2.24, 2.45) is 0 Å². The summed E-state index contributed by atoms with van der Waals surface area (Å²) in [4.78, 5) is 0. The van der Waals surface area contributed by atoms with E-state index in [0.717, 1.165) is 0 Å². The van der Waals surface area contributed by atoms with Crippen LogP contribution in [0.5, 0.6) is 0 Å². The Morgan fingerprint density at radius 3 is 2.71 bits per heavy atom. The first-order valence-electron chi connectivity index (χ1n) is 4.71. The van der Waals surface area contributed by atoms with Gasteiger partial charge in [0.25, 0.3) is 0 Å². The molecule has 5 heteroatoms. The fourth-order valence-electron chi connectivity index (χ4n) is 1.93. The Labute approximate surface area is 82.9 Å². The van der Waals surface area contributed by atoms with E-state index < -0.39 is 18.2 Å². The lowest BCUT2D eigenvalue weighted by molar-refractivity contribution is -0.241. The molecule has 14 heavy (non-hydrogen) atoms. The Bertz CT molecular complexity index is 217. The molecule has 0 aliphatic carbocycles. The van der Waals surface area contributed by atoms with Gasteiger partial charge in [0.05, 0.1) is 6.61 Å². The number of methoxy groups -OCH3 is 1. The highest BCUT2D eigenvalue weighted by atomic mass is 16.8. The van der Waals surface area contributed by atoms with Gasteiger partial charge in [0, 0.05) is 7.11 Å². The SMILES string of the molecule is COC1OCC2OC(C)(C)OC2C1O. The summed E-state index contributed by atoms with van der Waals surface area (Å²) in [6.07, 6.45) is -1.97. The summed E-state index contributed by atoms with van der Waals surface area (Å²) in [6.45, 7) is 4.03. The summed E-state index contributed by atoms with van der Waals surface area (Å²) in [5.41, 5.74) is 0. The zero-order chi connectivity index (χ0) is 10.3. The maximum Gasteiger partial charge on any atom is 0.185 e. The van der Waals surface area contributed by atoms with Crippen molar-refractivity contribution in [3.63, 3.8) is 0 Å². The van der Waals surface area contributed by atoms with Gasteiger partial charge in [0.15, 0.2) is 12.1 Å². The highest BCUT2D eigenvalue weighted by Crippen LogP contribution is 2.34. The van der Waals surface area contributed by atoms with Crippen LogP contribution in [0.15, 0.2) is 0 Å². The molecule has 5 nitrogen and oxygen atoms in total. The van der Waals surface area contributed by atoms with Crippen molar-refractivity contribution in [2.75, 3.05) is 13.7 Å². The van der Waals surface area contributed by atoms with Crippen LogP contribution >= 0.6 is 0 Å². The third kappa shape index (κ3) is 1.66. The van der Waals surface area contributed by atoms with Crippen molar-refractivity contribution < 1.29 is 24.1 Å². The Hall–Kier alpha value is -0.200. The lowest BCUT2D eigenvalue weighted by Gasteiger charge is -2.33. The van der Waals surface area contributed by atoms with Gasteiger partial charge in [-0.05, 0) is 13.8 Å². The smallest absolute Gasteiger partial charge is 0.185 e. The van der Waals surface area contributed by atoms with E-state index in [2.05, 4.69) is 0 Å². The average Bonchev–Trinajstić information content (AvgIpc) is 2.42. The molecule has 2 fully saturated rings. The molecule has 2 rings (SSSR count). The number of aliphatic hydroxyl groups excluding tert-OH is 1. The van der Waals surface area contributed by atoms with E-state index in [1.807, 2.05) is 13.8 Å². The van der Waals surface area contributed by atoms with Crippen molar-refractivity contribution in [3.8, 4) is 0 Å². The van der Waals surface area contributed by atoms with Crippen molar-refractivity contribution in [1.82, 2.24) is 0 Å². The Morgan fingerprint density at radius 1 is 1.36 bits per heavy atom. The first-order valence-corrected chi connectivity index (χ1v) is 4.71. The van der Waals surface area contributed by atoms with Gasteiger partial charge in [0.2, 0.25) is 0 Å². The molecule has 4 atom stereocenters. The molecule has 2 aliphatic heterocycles. The van der Waals surface area contributed by atoms with Gasteiger partial charge in [-0.15, -0.1) is 0 Å². The molecular weight excluding hydrogens is 188 g/mol. The standard InChI is InChI=1S/C9H16O5/c1-9(2)13-5-4-12-8(11-3)6(10)7(5)14-9/h5-8,10H,4H2,1-3H3. The average molecular weight is 204 g/mol. The number of hydrogen-bond acceptors (Lipinski definition) is 5. The van der Waals surface area contributed by atoms with Crippen LogP contribution in [0, 0.1) is 0 Å². The van der Waals surface area contributed by atoms with Crippen LogP contribution in [-0.4, -0.2) is 49.2 Å². The number of hydrogen-bond donors (Lipinski definition) is 1. The zero-order valence-electron chi connectivity index (χ0n) is 8.60. The fourth-order valence-corrected chi connectivity index (χ4v) is 1.93. The van der Waals surface area contributed by atoms with Crippen LogP contribution in [-0.2, 0) is 18.9 Å². The molecule has 0 spiro atoms. The van der Waals surface area contributed by atoms with Gasteiger partial charge in [0.1, 0.15) is 18.3 Å². The van der Waals surface area contributed by atoms with Crippen LogP contribution in [0.3, 0.4) is 0 Å². The van der Waals surface area contributed by atoms with Crippen LogP contribution < -0.4 is 0 Å². The van der Waals surface area contributed by atoms with E-state index in [9.17, 15) is 5.11 Å². The van der Waals surface area contributed by atoms with E-state index in [1.54, 1.807) is 0 Å². The normalized spacial score (nSPS) is 46.3. The van der Waals surface area contributed by atoms with Crippen LogP contribution in [0.4, 0.5) is 0 Å². The van der Waals surface area contributed by atoms with Crippen molar-refractivity contribution >= 4 is 0 Å². The summed E-state index contributed by atoms with van der Waals surface area (Å²) >= 11 is 0. The predicted octanol–water partition coefficient (Wildman–Crippen LogP) is -0.130. The first kappa shape index (κ1) is 10.3. The number of fused-ring (bicyclic) bond motifs is 1. The Kier molecular flexibility index (Phi) is 2.53. The predicted molar refractivity (Wildman–Crippen MR) is 46.6 cm³/mol. The summed E-state index contributed by atoms with van der Waals surface area (Å²) < 4.78 is 21.4. The molecule has 0 bridgehead atoms. The molecule has 0 aromatic carbocycles. The summed E-state index contributed by atoms with van der Waals surface area (Å²) in [5.74, 6) is -0.650. The lowest BCUT2D eigenvalue weighted by Crippen LogP contribution is -2.52. The summed E-state index contributed by atoms with van der Waals surface area (Å²) in [5, 5.41) is 9.82. The molecule has 1 N–H and O–H groups in total. The van der Waals surface area contributed by atoms with Crippen LogP contribution in [0.25, 0.3) is 0 Å². The molecule has 0 radical (unpaired) electrons. The van der Waals surface area contributed by atoms with E-state index in [-0.39, 0.29) is 12.2 Å². The van der Waals surface area contributed by atoms with Gasteiger partial charge in [-0.1, -0.05) is 0 Å². The van der Waals surface area contributed by atoms with Gasteiger partial charge in [-0.2, -0.15) is 0 Å². The number of aliphatic hydroxyl groups is 1. The Morgan fingerprint density at radius 2 is 2.07 bits per heavy atom. The monoisotopic (exact) mass is 204 g/mol. The quantitative estimate of drug-likeness (QED) is 0.644. The first-order chi connectivity index (χ1) is 6.53. The van der Waals surface area contributed by atoms with Gasteiger partial charge in [-0.25, -0.2) is 0 Å². The maximum atomic E-state index is 9.82. The Balaban J connectivity index is 2.08. The summed E-state index contributed by atoms with van der Waals surface area (Å²) in [7, 11) is 1.50. The second-order valence-electron chi connectivity index (χ2n) is 4.07. The van der Waals surface area contributed by atoms with E-state index >= 15 is 0 Å². The molecule has 0 saturated carbocycles. The second-order valence-corrected chi connectivity index (χ2v) is 4.07. The molecule has 2 aliphatic rings. The highest BCUT2D eigenvalue weighted by Gasteiger charge is 2.50. The minimum atomic E-state index is -0.791. The summed E-state index contributed by atoms with van der Waals surface area (Å²) in [6, 6.07) is 0. The molecule has 82 valence electrons. The third-order valence-corrected chi connectivity index (χ3v) is 2.49. The molecule has 0 aromatic rings. The topological polar surface area (TPSA) is 57.2 Å². The molecule has 4 unspecified atom stereocenters. The van der Waals surface area contributed by atoms with E-state index in [4.69, 9.17) is 18.9 Å². The largest absolute Gasteiger partial charge is 0.385 e. The molecule has 0 amide bonds. The lowest BCUT2D eigenvalue weighted by atomic mass is 10.1. The fraction of sp³-hybridized carbons (Fsp3) is 1.00. The van der Waals surface area contributed by atoms with E-state index in [1.165, 1.54) is 7.11 Å². The van der Waals surface area contributed by atoms with Gasteiger partial charge >= 0.3 is 0 Å². The van der Waals surface area contributed by atoms with E-state index in [0.29, 0.717) is 6.61 Å². The highest BCUT2D eigenvalue weighted by molar-refractivity contribution is 4.91. The van der Waals surface area contributed by atoms with Crippen LogP contribution in [0.1, 0.15) is 13.8 Å². The number of rotatable bonds is 1. The van der Waals surface area contributed by atoms with Crippen LogP contribution in [0.2, 0.25) is 0 Å². The maximum absolute atomic E-state index is 9.82. The second kappa shape index (κ2) is 3.43. The number of ether oxygens (including phenoxy) is 4. The minimum absolute atomic E-state index is 0.202. The molecular formula is C9H16O5. The van der Waals surface area contributed by atoms with Crippen molar-refractivity contribution in [2.45, 2.75) is 44.2 Å². The van der Waals surface area contributed by atoms with Crippen molar-refractivity contribution in [3.05, 3.63) is 0 Å². The van der Waals surface area contributed by atoms with Crippen molar-refractivity contribution in [1.29, 1.82) is 0 Å². The zero-order valence-corrected chi connectivity index (χ0v) is 8.60. The molecule has 2 saturated heterocycles. The minimum Gasteiger partial charge on any atom is -0.385 e. The van der Waals surface area contributed by atoms with Gasteiger partial charge in [-0.3, -0.25) is 0 Å². The third-order valence-electron chi connectivity index (χ3n) is 2.49. The molecule has 2 heterocycles. The molecule has 0 aromatic heterocycles.